The van der Waals surface area contributed by atoms with E-state index >= 15 is 0 Å². The van der Waals surface area contributed by atoms with Crippen LogP contribution in [0.1, 0.15) is 27.2 Å². The van der Waals surface area contributed by atoms with Crippen molar-refractivity contribution in [3.05, 3.63) is 18.3 Å². The van der Waals surface area contributed by atoms with Gasteiger partial charge in [-0.1, -0.05) is 6.92 Å². The van der Waals surface area contributed by atoms with Gasteiger partial charge in [0.2, 0.25) is 10.0 Å². The zero-order chi connectivity index (χ0) is 15.0. The molecule has 0 saturated heterocycles. The van der Waals surface area contributed by atoms with Gasteiger partial charge in [0.1, 0.15) is 10.7 Å². The van der Waals surface area contributed by atoms with Gasteiger partial charge in [-0.25, -0.2) is 18.1 Å². The summed E-state index contributed by atoms with van der Waals surface area (Å²) in [6.07, 6.45) is 2.42. The van der Waals surface area contributed by atoms with Crippen LogP contribution < -0.4 is 10.0 Å². The molecule has 1 heterocycles. The van der Waals surface area contributed by atoms with E-state index in [1.165, 1.54) is 12.3 Å². The summed E-state index contributed by atoms with van der Waals surface area (Å²) in [5.41, 5.74) is 0. The van der Waals surface area contributed by atoms with Crippen LogP contribution in [0.25, 0.3) is 0 Å². The van der Waals surface area contributed by atoms with E-state index < -0.39 is 10.0 Å². The van der Waals surface area contributed by atoms with Gasteiger partial charge in [0.25, 0.3) is 0 Å². The van der Waals surface area contributed by atoms with Crippen LogP contribution in [0, 0.1) is 0 Å². The summed E-state index contributed by atoms with van der Waals surface area (Å²) in [4.78, 5) is 4.23. The second-order valence-electron chi connectivity index (χ2n) is 4.62. The van der Waals surface area contributed by atoms with Crippen LogP contribution in [-0.4, -0.2) is 39.2 Å². The van der Waals surface area contributed by atoms with Gasteiger partial charge in [-0.2, -0.15) is 0 Å². The molecule has 114 valence electrons. The average Bonchev–Trinajstić information content (AvgIpc) is 2.42. The zero-order valence-electron chi connectivity index (χ0n) is 12.2. The highest BCUT2D eigenvalue weighted by molar-refractivity contribution is 7.89. The monoisotopic (exact) mass is 301 g/mol. The van der Waals surface area contributed by atoms with Crippen molar-refractivity contribution in [2.24, 2.45) is 0 Å². The third kappa shape index (κ3) is 5.85. The molecule has 0 unspecified atom stereocenters. The van der Waals surface area contributed by atoms with Crippen molar-refractivity contribution < 1.29 is 13.2 Å². The van der Waals surface area contributed by atoms with Crippen molar-refractivity contribution in [1.82, 2.24) is 9.71 Å². The number of hydrogen-bond donors (Lipinski definition) is 2. The molecule has 0 spiro atoms. The van der Waals surface area contributed by atoms with E-state index in [1.807, 2.05) is 13.8 Å². The lowest BCUT2D eigenvalue weighted by Gasteiger charge is -2.10. The largest absolute Gasteiger partial charge is 0.377 e. The number of rotatable bonds is 9. The van der Waals surface area contributed by atoms with Gasteiger partial charge in [-0.3, -0.25) is 0 Å². The highest BCUT2D eigenvalue weighted by Crippen LogP contribution is 2.10. The van der Waals surface area contributed by atoms with Gasteiger partial charge in [0.15, 0.2) is 0 Å². The van der Waals surface area contributed by atoms with E-state index in [0.29, 0.717) is 12.4 Å². The molecule has 0 aromatic carbocycles. The number of aromatic nitrogens is 1. The average molecular weight is 301 g/mol. The topological polar surface area (TPSA) is 80.3 Å². The Morgan fingerprint density at radius 3 is 2.60 bits per heavy atom. The Hall–Kier alpha value is -1.18. The van der Waals surface area contributed by atoms with Crippen LogP contribution in [0.2, 0.25) is 0 Å². The fraction of sp³-hybridized carbons (Fsp3) is 0.615. The van der Waals surface area contributed by atoms with Crippen LogP contribution in [0.15, 0.2) is 23.2 Å². The minimum absolute atomic E-state index is 0.0881. The molecular weight excluding hydrogens is 278 g/mol. The molecule has 0 aliphatic heterocycles. The molecule has 6 nitrogen and oxygen atoms in total. The maximum atomic E-state index is 12.0. The van der Waals surface area contributed by atoms with Crippen LogP contribution in [-0.2, 0) is 14.8 Å². The predicted octanol–water partition coefficient (Wildman–Crippen LogP) is 1.61. The third-order valence-corrected chi connectivity index (χ3v) is 3.89. The number of anilines is 1. The molecular formula is C13H23N3O3S. The smallest absolute Gasteiger partial charge is 0.242 e. The van der Waals surface area contributed by atoms with Gasteiger partial charge in [0, 0.05) is 19.3 Å². The van der Waals surface area contributed by atoms with Gasteiger partial charge in [-0.05, 0) is 32.4 Å². The standard InChI is InChI=1S/C13H23N3O3S/c1-4-7-14-13-6-5-12(10-15-13)20(17,18)16-8-9-19-11(2)3/h5-6,10-11,16H,4,7-9H2,1-3H3,(H,14,15). The predicted molar refractivity (Wildman–Crippen MR) is 79.3 cm³/mol. The lowest BCUT2D eigenvalue weighted by atomic mass is 10.4. The van der Waals surface area contributed by atoms with E-state index in [9.17, 15) is 8.42 Å². The Kier molecular flexibility index (Phi) is 6.90. The summed E-state index contributed by atoms with van der Waals surface area (Å²) in [5.74, 6) is 0.675. The van der Waals surface area contributed by atoms with E-state index in [1.54, 1.807) is 6.07 Å². The first-order chi connectivity index (χ1) is 9.45. The van der Waals surface area contributed by atoms with Crippen LogP contribution >= 0.6 is 0 Å². The van der Waals surface area contributed by atoms with Crippen molar-refractivity contribution in [3.8, 4) is 0 Å². The Balaban J connectivity index is 2.54. The molecule has 1 rings (SSSR count). The molecule has 2 N–H and O–H groups in total. The minimum Gasteiger partial charge on any atom is -0.377 e. The molecule has 1 aromatic heterocycles. The van der Waals surface area contributed by atoms with Crippen molar-refractivity contribution in [3.63, 3.8) is 0 Å². The Bertz CT molecular complexity index is 486. The quantitative estimate of drug-likeness (QED) is 0.677. The number of ether oxygens (including phenoxy) is 1. The molecule has 0 atom stereocenters. The van der Waals surface area contributed by atoms with Crippen LogP contribution in [0.4, 0.5) is 5.82 Å². The summed E-state index contributed by atoms with van der Waals surface area (Å²) < 4.78 is 31.7. The van der Waals surface area contributed by atoms with Gasteiger partial charge in [-0.15, -0.1) is 0 Å². The van der Waals surface area contributed by atoms with Crippen molar-refractivity contribution in [2.45, 2.75) is 38.2 Å². The molecule has 0 radical (unpaired) electrons. The van der Waals surface area contributed by atoms with Crippen LogP contribution in [0.3, 0.4) is 0 Å². The summed E-state index contributed by atoms with van der Waals surface area (Å²) >= 11 is 0. The molecule has 0 saturated carbocycles. The molecule has 7 heteroatoms. The number of pyridine rings is 1. The minimum atomic E-state index is -3.52. The lowest BCUT2D eigenvalue weighted by Crippen LogP contribution is -2.28. The lowest BCUT2D eigenvalue weighted by molar-refractivity contribution is 0.0834. The molecule has 20 heavy (non-hydrogen) atoms. The first kappa shape index (κ1) is 16.9. The summed E-state index contributed by atoms with van der Waals surface area (Å²) in [6, 6.07) is 3.20. The fourth-order valence-corrected chi connectivity index (χ4v) is 2.41. The van der Waals surface area contributed by atoms with E-state index in [-0.39, 0.29) is 17.5 Å². The summed E-state index contributed by atoms with van der Waals surface area (Å²) in [7, 11) is -3.52. The molecule has 0 aliphatic rings. The molecule has 0 aliphatic carbocycles. The summed E-state index contributed by atoms with van der Waals surface area (Å²) in [6.45, 7) is 7.26. The van der Waals surface area contributed by atoms with Gasteiger partial charge >= 0.3 is 0 Å². The number of nitrogens with zero attached hydrogens (tertiary/aromatic N) is 1. The normalized spacial score (nSPS) is 11.8. The van der Waals surface area contributed by atoms with Crippen molar-refractivity contribution >= 4 is 15.8 Å². The number of nitrogens with one attached hydrogen (secondary N) is 2. The van der Waals surface area contributed by atoms with Gasteiger partial charge < -0.3 is 10.1 Å². The van der Waals surface area contributed by atoms with E-state index in [2.05, 4.69) is 21.9 Å². The van der Waals surface area contributed by atoms with E-state index in [4.69, 9.17) is 4.74 Å². The maximum absolute atomic E-state index is 12.0. The second-order valence-corrected chi connectivity index (χ2v) is 6.39. The molecule has 0 fully saturated rings. The summed E-state index contributed by atoms with van der Waals surface area (Å²) in [5, 5.41) is 3.09. The van der Waals surface area contributed by atoms with Gasteiger partial charge in [0.05, 0.1) is 12.7 Å². The van der Waals surface area contributed by atoms with Crippen LogP contribution in [0.5, 0.6) is 0 Å². The SMILES string of the molecule is CCCNc1ccc(S(=O)(=O)NCCOC(C)C)cn1. The Labute approximate surface area is 121 Å². The fourth-order valence-electron chi connectivity index (χ4n) is 1.45. The second kappa shape index (κ2) is 8.18. The highest BCUT2D eigenvalue weighted by atomic mass is 32.2. The zero-order valence-corrected chi connectivity index (χ0v) is 13.0. The number of hydrogen-bond acceptors (Lipinski definition) is 5. The first-order valence-corrected chi connectivity index (χ1v) is 8.25. The third-order valence-electron chi connectivity index (χ3n) is 2.45. The Morgan fingerprint density at radius 1 is 1.30 bits per heavy atom. The molecule has 1 aromatic rings. The number of sulfonamides is 1. The van der Waals surface area contributed by atoms with Crippen molar-refractivity contribution in [1.29, 1.82) is 0 Å². The molecule has 0 bridgehead atoms. The van der Waals surface area contributed by atoms with E-state index in [0.717, 1.165) is 13.0 Å². The maximum Gasteiger partial charge on any atom is 0.242 e. The first-order valence-electron chi connectivity index (χ1n) is 6.77. The van der Waals surface area contributed by atoms with Crippen molar-refractivity contribution in [2.75, 3.05) is 25.0 Å². The highest BCUT2D eigenvalue weighted by Gasteiger charge is 2.13. The Morgan fingerprint density at radius 2 is 2.05 bits per heavy atom. The molecule has 0 amide bonds.